The molecule has 0 fully saturated rings. The summed E-state index contributed by atoms with van der Waals surface area (Å²) >= 11 is 0. The number of ether oxygens (including phenoxy) is 1. The van der Waals surface area contributed by atoms with Crippen molar-refractivity contribution in [2.45, 2.75) is 26.3 Å². The van der Waals surface area contributed by atoms with Crippen molar-refractivity contribution in [3.8, 4) is 0 Å². The Morgan fingerprint density at radius 3 is 2.94 bits per heavy atom. The van der Waals surface area contributed by atoms with Gasteiger partial charge in [-0.15, -0.1) is 0 Å². The number of aromatic nitrogens is 2. The van der Waals surface area contributed by atoms with Crippen LogP contribution in [0.2, 0.25) is 0 Å². The third-order valence-corrected chi connectivity index (χ3v) is 2.05. The van der Waals surface area contributed by atoms with Crippen molar-refractivity contribution >= 4 is 11.9 Å². The molecule has 0 saturated heterocycles. The van der Waals surface area contributed by atoms with Crippen LogP contribution in [0.4, 0.5) is 0 Å². The summed E-state index contributed by atoms with van der Waals surface area (Å²) < 4.78 is 6.31. The zero-order chi connectivity index (χ0) is 12.5. The fraction of sp³-hybridized carbons (Fsp3) is 0.545. The summed E-state index contributed by atoms with van der Waals surface area (Å²) in [4.78, 5) is 22.4. The molecule has 0 aliphatic heterocycles. The monoisotopic (exact) mass is 239 g/mol. The molecule has 0 atom stereocenters. The van der Waals surface area contributed by atoms with Crippen LogP contribution in [0.1, 0.15) is 19.8 Å². The molecule has 1 N–H and O–H groups in total. The lowest BCUT2D eigenvalue weighted by Crippen LogP contribution is -2.29. The molecule has 1 heterocycles. The predicted octanol–water partition coefficient (Wildman–Crippen LogP) is 0.343. The van der Waals surface area contributed by atoms with Gasteiger partial charge in [0.05, 0.1) is 6.61 Å². The first-order valence-electron chi connectivity index (χ1n) is 5.62. The fourth-order valence-electron chi connectivity index (χ4n) is 1.29. The zero-order valence-electron chi connectivity index (χ0n) is 9.89. The van der Waals surface area contributed by atoms with E-state index in [1.807, 2.05) is 0 Å². The van der Waals surface area contributed by atoms with Crippen LogP contribution in [0.15, 0.2) is 18.5 Å². The Morgan fingerprint density at radius 1 is 1.47 bits per heavy atom. The molecule has 1 aromatic heterocycles. The van der Waals surface area contributed by atoms with Crippen LogP contribution in [-0.4, -0.2) is 34.8 Å². The third-order valence-electron chi connectivity index (χ3n) is 2.05. The maximum Gasteiger partial charge on any atom is 0.305 e. The molecule has 0 aliphatic carbocycles. The molecule has 0 aliphatic rings. The molecule has 0 unspecified atom stereocenters. The molecule has 1 amide bonds. The summed E-state index contributed by atoms with van der Waals surface area (Å²) in [5.74, 6) is -0.341. The lowest BCUT2D eigenvalue weighted by atomic mass is 10.3. The van der Waals surface area contributed by atoms with Gasteiger partial charge in [0.2, 0.25) is 5.91 Å². The second-order valence-corrected chi connectivity index (χ2v) is 3.46. The summed E-state index contributed by atoms with van der Waals surface area (Å²) in [5.41, 5.74) is 0. The highest BCUT2D eigenvalue weighted by Gasteiger charge is 2.04. The van der Waals surface area contributed by atoms with Crippen LogP contribution >= 0.6 is 0 Å². The van der Waals surface area contributed by atoms with Crippen molar-refractivity contribution in [3.63, 3.8) is 0 Å². The van der Waals surface area contributed by atoms with Gasteiger partial charge < -0.3 is 10.1 Å². The first-order valence-corrected chi connectivity index (χ1v) is 5.62. The number of nitrogens with one attached hydrogen (secondary N) is 1. The normalized spacial score (nSPS) is 9.94. The van der Waals surface area contributed by atoms with Crippen molar-refractivity contribution in [1.29, 1.82) is 0 Å². The molecule has 6 nitrogen and oxygen atoms in total. The lowest BCUT2D eigenvalue weighted by molar-refractivity contribution is -0.143. The van der Waals surface area contributed by atoms with E-state index in [2.05, 4.69) is 10.4 Å². The van der Waals surface area contributed by atoms with E-state index in [1.165, 1.54) is 0 Å². The number of carbonyl (C=O) groups is 2. The summed E-state index contributed by atoms with van der Waals surface area (Å²) in [6, 6.07) is 1.76. The highest BCUT2D eigenvalue weighted by atomic mass is 16.5. The van der Waals surface area contributed by atoms with Crippen LogP contribution in [0.25, 0.3) is 0 Å². The quantitative estimate of drug-likeness (QED) is 0.550. The van der Waals surface area contributed by atoms with Crippen LogP contribution in [-0.2, 0) is 20.9 Å². The number of carbonyl (C=O) groups excluding carboxylic acids is 2. The molecule has 0 spiro atoms. The molecular weight excluding hydrogens is 222 g/mol. The summed E-state index contributed by atoms with van der Waals surface area (Å²) in [7, 11) is 0. The Labute approximate surface area is 99.9 Å². The average molecular weight is 239 g/mol. The topological polar surface area (TPSA) is 73.2 Å². The largest absolute Gasteiger partial charge is 0.466 e. The maximum absolute atomic E-state index is 11.4. The van der Waals surface area contributed by atoms with Crippen molar-refractivity contribution in [3.05, 3.63) is 18.5 Å². The second kappa shape index (κ2) is 7.43. The number of nitrogens with zero attached hydrogens (tertiary/aromatic N) is 2. The van der Waals surface area contributed by atoms with Crippen molar-refractivity contribution < 1.29 is 14.3 Å². The maximum atomic E-state index is 11.4. The number of hydrogen-bond acceptors (Lipinski definition) is 4. The van der Waals surface area contributed by atoms with Crippen LogP contribution in [0.5, 0.6) is 0 Å². The Bertz CT molecular complexity index is 349. The van der Waals surface area contributed by atoms with E-state index in [1.54, 1.807) is 30.1 Å². The van der Waals surface area contributed by atoms with E-state index in [9.17, 15) is 9.59 Å². The number of rotatable bonds is 7. The first kappa shape index (κ1) is 13.2. The fourth-order valence-corrected chi connectivity index (χ4v) is 1.29. The minimum atomic E-state index is -0.228. The summed E-state index contributed by atoms with van der Waals surface area (Å²) in [5, 5.41) is 6.63. The Morgan fingerprint density at radius 2 is 2.29 bits per heavy atom. The van der Waals surface area contributed by atoms with Crippen molar-refractivity contribution in [2.75, 3.05) is 13.2 Å². The molecule has 94 valence electrons. The highest BCUT2D eigenvalue weighted by Crippen LogP contribution is 1.91. The van der Waals surface area contributed by atoms with Gasteiger partial charge in [0.25, 0.3) is 0 Å². The molecule has 6 heteroatoms. The average Bonchev–Trinajstić information content (AvgIpc) is 2.77. The lowest BCUT2D eigenvalue weighted by Gasteiger charge is -2.05. The third kappa shape index (κ3) is 5.70. The van der Waals surface area contributed by atoms with Gasteiger partial charge in [-0.25, -0.2) is 0 Å². The zero-order valence-corrected chi connectivity index (χ0v) is 9.89. The van der Waals surface area contributed by atoms with E-state index in [-0.39, 0.29) is 18.4 Å². The van der Waals surface area contributed by atoms with Gasteiger partial charge in [0, 0.05) is 25.4 Å². The Balaban J connectivity index is 2.06. The molecule has 0 radical (unpaired) electrons. The number of amides is 1. The number of hydrogen-bond donors (Lipinski definition) is 1. The standard InChI is InChI=1S/C11H17N3O3/c1-2-17-11(16)5-3-6-12-10(15)9-14-8-4-7-13-14/h4,7-8H,2-3,5-6,9H2,1H3,(H,12,15). The minimum absolute atomic E-state index is 0.113. The van der Waals surface area contributed by atoms with Crippen LogP contribution in [0, 0.1) is 0 Å². The van der Waals surface area contributed by atoms with Gasteiger partial charge >= 0.3 is 5.97 Å². The Kier molecular flexibility index (Phi) is 5.77. The van der Waals surface area contributed by atoms with E-state index in [0.29, 0.717) is 26.0 Å². The Hall–Kier alpha value is -1.85. The molecule has 1 aromatic rings. The van der Waals surface area contributed by atoms with Gasteiger partial charge in [0.15, 0.2) is 0 Å². The van der Waals surface area contributed by atoms with E-state index < -0.39 is 0 Å². The smallest absolute Gasteiger partial charge is 0.305 e. The number of esters is 1. The molecule has 1 rings (SSSR count). The first-order chi connectivity index (χ1) is 8.22. The predicted molar refractivity (Wildman–Crippen MR) is 61.1 cm³/mol. The van der Waals surface area contributed by atoms with Crippen LogP contribution < -0.4 is 5.32 Å². The van der Waals surface area contributed by atoms with E-state index >= 15 is 0 Å². The van der Waals surface area contributed by atoms with Gasteiger partial charge in [-0.3, -0.25) is 14.3 Å². The van der Waals surface area contributed by atoms with Gasteiger partial charge in [-0.05, 0) is 19.4 Å². The van der Waals surface area contributed by atoms with Crippen molar-refractivity contribution in [1.82, 2.24) is 15.1 Å². The van der Waals surface area contributed by atoms with Gasteiger partial charge in [-0.1, -0.05) is 0 Å². The van der Waals surface area contributed by atoms with Gasteiger partial charge in [0.1, 0.15) is 6.54 Å². The van der Waals surface area contributed by atoms with E-state index in [4.69, 9.17) is 4.74 Å². The molecule has 0 bridgehead atoms. The SMILES string of the molecule is CCOC(=O)CCCNC(=O)Cn1cccn1. The summed E-state index contributed by atoms with van der Waals surface area (Å²) in [6.45, 7) is 2.83. The molecule has 0 aromatic carbocycles. The molecular formula is C11H17N3O3. The second-order valence-electron chi connectivity index (χ2n) is 3.46. The summed E-state index contributed by atoms with van der Waals surface area (Å²) in [6.07, 6.45) is 4.26. The van der Waals surface area contributed by atoms with Crippen LogP contribution in [0.3, 0.4) is 0 Å². The van der Waals surface area contributed by atoms with Gasteiger partial charge in [-0.2, -0.15) is 5.10 Å². The minimum Gasteiger partial charge on any atom is -0.466 e. The highest BCUT2D eigenvalue weighted by molar-refractivity contribution is 5.75. The molecule has 0 saturated carbocycles. The van der Waals surface area contributed by atoms with Crippen molar-refractivity contribution in [2.24, 2.45) is 0 Å². The molecule has 17 heavy (non-hydrogen) atoms. The van der Waals surface area contributed by atoms with E-state index in [0.717, 1.165) is 0 Å².